The van der Waals surface area contributed by atoms with E-state index in [0.29, 0.717) is 29.4 Å². The van der Waals surface area contributed by atoms with Crippen LogP contribution in [-0.2, 0) is 0 Å². The molecule has 0 unspecified atom stereocenters. The van der Waals surface area contributed by atoms with Crippen LogP contribution in [0.2, 0.25) is 0 Å². The number of halogens is 1. The Morgan fingerprint density at radius 2 is 1.97 bits per heavy atom. The van der Waals surface area contributed by atoms with Gasteiger partial charge in [-0.3, -0.25) is 9.79 Å². The zero-order valence-electron chi connectivity index (χ0n) is 20.4. The number of anilines is 2. The molecule has 3 aliphatic heterocycles. The van der Waals surface area contributed by atoms with Crippen LogP contribution in [0, 0.1) is 5.82 Å². The molecule has 192 valence electrons. The van der Waals surface area contributed by atoms with Crippen molar-refractivity contribution in [2.75, 3.05) is 17.3 Å². The number of carbonyl (C=O) groups excluding carboxylic acids is 1. The zero-order chi connectivity index (χ0) is 25.8. The molecule has 1 aromatic carbocycles. The molecular weight excluding hydrogens is 487 g/mol. The summed E-state index contributed by atoms with van der Waals surface area (Å²) in [5.41, 5.74) is 9.78. The first-order valence-electron chi connectivity index (χ1n) is 12.6. The number of aromatic nitrogens is 6. The Morgan fingerprint density at radius 3 is 2.68 bits per heavy atom. The fourth-order valence-electron chi connectivity index (χ4n) is 6.00. The van der Waals surface area contributed by atoms with Gasteiger partial charge >= 0.3 is 0 Å². The summed E-state index contributed by atoms with van der Waals surface area (Å²) in [5.74, 6) is 0.552. The molecule has 12 heteroatoms. The Kier molecular flexibility index (Phi) is 5.20. The summed E-state index contributed by atoms with van der Waals surface area (Å²) in [6.07, 6.45) is 10.3. The van der Waals surface area contributed by atoms with E-state index >= 15 is 0 Å². The van der Waals surface area contributed by atoms with E-state index in [2.05, 4.69) is 25.3 Å². The normalized spacial score (nSPS) is 22.8. The number of rotatable bonds is 4. The fourth-order valence-corrected chi connectivity index (χ4v) is 6.00. The number of benzene rings is 1. The number of aromatic amines is 1. The summed E-state index contributed by atoms with van der Waals surface area (Å²) in [4.78, 5) is 29.3. The highest BCUT2D eigenvalue weighted by Gasteiger charge is 2.45. The molecule has 0 saturated carbocycles. The first-order valence-corrected chi connectivity index (χ1v) is 12.6. The fraction of sp³-hybridized carbons (Fsp3) is 0.308. The molecule has 0 spiro atoms. The van der Waals surface area contributed by atoms with Crippen molar-refractivity contribution >= 4 is 28.8 Å². The number of H-pyrrole nitrogens is 1. The number of piperidine rings is 1. The topological polar surface area (TPSA) is 134 Å². The van der Waals surface area contributed by atoms with Gasteiger partial charge in [-0.05, 0) is 43.9 Å². The van der Waals surface area contributed by atoms with E-state index in [1.807, 2.05) is 22.1 Å². The number of nitrogens with zero attached hydrogens (tertiary/aromatic N) is 8. The van der Waals surface area contributed by atoms with Crippen LogP contribution in [0.5, 0.6) is 0 Å². The summed E-state index contributed by atoms with van der Waals surface area (Å²) in [7, 11) is 0. The van der Waals surface area contributed by atoms with Gasteiger partial charge in [0, 0.05) is 41.5 Å². The highest BCUT2D eigenvalue weighted by atomic mass is 19.1. The van der Waals surface area contributed by atoms with E-state index in [0.717, 1.165) is 37.1 Å². The molecule has 4 aromatic rings. The number of allylic oxidation sites excluding steroid dienone is 1. The second kappa shape index (κ2) is 8.75. The average Bonchev–Trinajstić information content (AvgIpc) is 3.67. The summed E-state index contributed by atoms with van der Waals surface area (Å²) in [6, 6.07) is 8.74. The van der Waals surface area contributed by atoms with Crippen molar-refractivity contribution in [3.05, 3.63) is 78.0 Å². The van der Waals surface area contributed by atoms with Gasteiger partial charge in [0.25, 0.3) is 5.91 Å². The van der Waals surface area contributed by atoms with Crippen molar-refractivity contribution < 1.29 is 9.18 Å². The monoisotopic (exact) mass is 512 g/mol. The van der Waals surface area contributed by atoms with Crippen molar-refractivity contribution in [3.8, 4) is 0 Å². The van der Waals surface area contributed by atoms with Crippen LogP contribution >= 0.6 is 0 Å². The molecule has 7 rings (SSSR count). The first-order chi connectivity index (χ1) is 18.6. The lowest BCUT2D eigenvalue weighted by Crippen LogP contribution is -2.46. The number of carbonyl (C=O) groups is 1. The highest BCUT2D eigenvalue weighted by molar-refractivity contribution is 6.09. The van der Waals surface area contributed by atoms with Gasteiger partial charge in [-0.15, -0.1) is 10.2 Å². The molecular formula is C26H25FN10O. The number of hydrogen-bond donors (Lipinski definition) is 2. The Labute approximate surface area is 216 Å². The number of aliphatic imine (C=N–C) groups is 1. The van der Waals surface area contributed by atoms with E-state index < -0.39 is 0 Å². The van der Waals surface area contributed by atoms with E-state index in [4.69, 9.17) is 10.7 Å². The van der Waals surface area contributed by atoms with Gasteiger partial charge in [-0.1, -0.05) is 12.1 Å². The SMILES string of the molecule is Nc1cc([C@H]2C[C@H]3CC[C@@H](C2)N3C(=O)c2nnc[nH]2)nc2c(N3C=CC(c4ccccc4F)=NC3)cnn12. The average molecular weight is 513 g/mol. The number of nitrogen functional groups attached to an aromatic ring is 1. The minimum absolute atomic E-state index is 0.0957. The molecule has 6 heterocycles. The summed E-state index contributed by atoms with van der Waals surface area (Å²) in [6.45, 7) is 0.305. The van der Waals surface area contributed by atoms with Gasteiger partial charge in [0.1, 0.15) is 30.3 Å². The Bertz CT molecular complexity index is 1580. The minimum Gasteiger partial charge on any atom is -0.384 e. The van der Waals surface area contributed by atoms with Crippen molar-refractivity contribution in [2.24, 2.45) is 4.99 Å². The molecule has 2 fully saturated rings. The van der Waals surface area contributed by atoms with Gasteiger partial charge in [-0.2, -0.15) is 9.61 Å². The first kappa shape index (κ1) is 22.6. The lowest BCUT2D eigenvalue weighted by atomic mass is 9.87. The third kappa shape index (κ3) is 3.63. The molecule has 3 aromatic heterocycles. The van der Waals surface area contributed by atoms with Crippen LogP contribution in [-0.4, -0.2) is 65.1 Å². The van der Waals surface area contributed by atoms with Crippen molar-refractivity contribution in [1.29, 1.82) is 0 Å². The molecule has 3 aliphatic rings. The van der Waals surface area contributed by atoms with Gasteiger partial charge in [-0.25, -0.2) is 9.37 Å². The van der Waals surface area contributed by atoms with Gasteiger partial charge < -0.3 is 20.5 Å². The number of nitrogens with one attached hydrogen (secondary N) is 1. The molecule has 0 radical (unpaired) electrons. The largest absolute Gasteiger partial charge is 0.384 e. The van der Waals surface area contributed by atoms with E-state index in [1.54, 1.807) is 35.0 Å². The second-order valence-electron chi connectivity index (χ2n) is 9.92. The van der Waals surface area contributed by atoms with Crippen LogP contribution in [0.15, 0.2) is 60.1 Å². The molecule has 2 saturated heterocycles. The third-order valence-electron chi connectivity index (χ3n) is 7.77. The van der Waals surface area contributed by atoms with Crippen LogP contribution in [0.25, 0.3) is 5.65 Å². The maximum atomic E-state index is 14.2. The highest BCUT2D eigenvalue weighted by Crippen LogP contribution is 2.43. The van der Waals surface area contributed by atoms with Crippen LogP contribution in [0.3, 0.4) is 0 Å². The quantitative estimate of drug-likeness (QED) is 0.429. The number of hydrogen-bond acceptors (Lipinski definition) is 8. The molecule has 3 N–H and O–H groups in total. The Balaban J connectivity index is 1.15. The van der Waals surface area contributed by atoms with Crippen LogP contribution < -0.4 is 10.6 Å². The zero-order valence-corrected chi connectivity index (χ0v) is 20.4. The number of amides is 1. The van der Waals surface area contributed by atoms with Crippen molar-refractivity contribution in [1.82, 2.24) is 34.7 Å². The second-order valence-corrected chi connectivity index (χ2v) is 9.92. The van der Waals surface area contributed by atoms with Crippen molar-refractivity contribution in [2.45, 2.75) is 43.7 Å². The molecule has 1 amide bonds. The third-order valence-corrected chi connectivity index (χ3v) is 7.77. The molecule has 3 atom stereocenters. The summed E-state index contributed by atoms with van der Waals surface area (Å²) < 4.78 is 15.8. The lowest BCUT2D eigenvalue weighted by molar-refractivity contribution is 0.0557. The van der Waals surface area contributed by atoms with Gasteiger partial charge in [0.05, 0.1) is 11.9 Å². The summed E-state index contributed by atoms with van der Waals surface area (Å²) in [5, 5.41) is 12.1. The predicted octanol–water partition coefficient (Wildman–Crippen LogP) is 2.90. The summed E-state index contributed by atoms with van der Waals surface area (Å²) >= 11 is 0. The maximum Gasteiger partial charge on any atom is 0.292 e. The smallest absolute Gasteiger partial charge is 0.292 e. The Morgan fingerprint density at radius 1 is 1.16 bits per heavy atom. The molecule has 11 nitrogen and oxygen atoms in total. The number of nitrogens with two attached hydrogens (primary N) is 1. The van der Waals surface area contributed by atoms with Gasteiger partial charge in [0.15, 0.2) is 5.65 Å². The van der Waals surface area contributed by atoms with E-state index in [-0.39, 0.29) is 35.6 Å². The molecule has 38 heavy (non-hydrogen) atoms. The van der Waals surface area contributed by atoms with Crippen LogP contribution in [0.4, 0.5) is 15.9 Å². The lowest BCUT2D eigenvalue weighted by Gasteiger charge is -2.38. The van der Waals surface area contributed by atoms with Crippen LogP contribution in [0.1, 0.15) is 53.5 Å². The van der Waals surface area contributed by atoms with Crippen molar-refractivity contribution in [3.63, 3.8) is 0 Å². The standard InChI is InChI=1S/C26H25FN10O/c27-19-4-2-1-3-18(19)20-7-8-35(14-30-20)22-12-32-37-23(28)11-21(33-25(22)37)15-9-16-5-6-17(10-15)36(16)26(38)24-29-13-31-34-24/h1-4,7-8,11-13,15-17H,5-6,9-10,14,28H2,(H,29,31,34)/t15-,16+,17-. The predicted molar refractivity (Wildman–Crippen MR) is 138 cm³/mol. The number of fused-ring (bicyclic) bond motifs is 3. The Hall–Kier alpha value is -4.61. The van der Waals surface area contributed by atoms with Gasteiger partial charge in [0.2, 0.25) is 5.82 Å². The molecule has 2 bridgehead atoms. The maximum absolute atomic E-state index is 14.2. The van der Waals surface area contributed by atoms with E-state index in [1.165, 1.54) is 12.4 Å². The molecule has 0 aliphatic carbocycles. The minimum atomic E-state index is -0.304. The van der Waals surface area contributed by atoms with E-state index in [9.17, 15) is 9.18 Å².